The molecule has 0 rings (SSSR count). The third kappa shape index (κ3) is 57.7. The first kappa shape index (κ1) is 108. The lowest BCUT2D eigenvalue weighted by Gasteiger charge is -2.36. The van der Waals surface area contributed by atoms with Gasteiger partial charge in [-0.25, -0.2) is 0 Å². The van der Waals surface area contributed by atoms with Crippen LogP contribution >= 0.6 is 0 Å². The number of rotatable bonds is 77. The van der Waals surface area contributed by atoms with Gasteiger partial charge in [-0.1, -0.05) is 46.0 Å². The molecule has 0 unspecified atom stereocenters. The fourth-order valence-electron chi connectivity index (χ4n) is 12.4. The number of carbonyl (C=O) groups excluding carboxylic acids is 12. The van der Waals surface area contributed by atoms with Gasteiger partial charge in [0.15, 0.2) is 0 Å². The van der Waals surface area contributed by atoms with Crippen molar-refractivity contribution < 1.29 is 62.5 Å². The zero-order valence-electron chi connectivity index (χ0n) is 68.5. The molecule has 0 aromatic rings. The quantitative estimate of drug-likeness (QED) is 0.00674. The molecule has 0 saturated carbocycles. The average Bonchev–Trinajstić information content (AvgIpc) is 0.823. The van der Waals surface area contributed by atoms with Gasteiger partial charge in [0.05, 0.1) is 0 Å². The smallest absolute Gasteiger partial charge is 0.223 e. The van der Waals surface area contributed by atoms with Crippen LogP contribution in [0.5, 0.6) is 0 Å². The van der Waals surface area contributed by atoms with E-state index in [-0.39, 0.29) is 297 Å². The number of carbonyl (C=O) groups is 12. The predicted octanol–water partition coefficient (Wildman–Crippen LogP) is 9.51. The van der Waals surface area contributed by atoms with Crippen LogP contribution in [0.3, 0.4) is 0 Å². The fourth-order valence-corrected chi connectivity index (χ4v) is 12.4. The van der Waals surface area contributed by atoms with Crippen molar-refractivity contribution in [3.05, 3.63) is 104 Å². The number of azide groups is 9. The molecule has 0 saturated heterocycles. The van der Waals surface area contributed by atoms with E-state index in [0.29, 0.717) is 6.42 Å². The normalized spacial score (nSPS) is 12.3. The Balaban J connectivity index is 8.87. The molecule has 0 aliphatic carbocycles. The van der Waals surface area contributed by atoms with E-state index in [1.807, 2.05) is 0 Å². The van der Waals surface area contributed by atoms with E-state index in [1.54, 1.807) is 0 Å². The van der Waals surface area contributed by atoms with Crippen molar-refractivity contribution in [2.45, 2.75) is 247 Å². The van der Waals surface area contributed by atoms with Gasteiger partial charge in [0, 0.05) is 280 Å². The Labute approximate surface area is 697 Å². The number of nitrogens with one attached hydrogen (secondary N) is 11. The molecule has 0 heterocycles. The van der Waals surface area contributed by atoms with Crippen molar-refractivity contribution in [2.24, 2.45) is 46.0 Å². The molecule has 53 nitrogen and oxygen atoms in total. The van der Waals surface area contributed by atoms with Crippen LogP contribution in [-0.2, 0) is 57.5 Å². The van der Waals surface area contributed by atoms with E-state index in [2.05, 4.69) is 149 Å². The molecule has 0 aliphatic heterocycles. The molecular weight excluding hydrogens is 1590 g/mol. The molecule has 11 N–H and O–H groups in total. The summed E-state index contributed by atoms with van der Waals surface area (Å²) in [5, 5.41) is 75.9. The Kier molecular flexibility index (Phi) is 62.6. The van der Waals surface area contributed by atoms with E-state index < -0.39 is 131 Å². The van der Waals surface area contributed by atoms with E-state index in [4.69, 9.17) is 49.8 Å². The SMILES string of the molecule is [N-]=[N+]=NCCCCC(=O)CCC(CCC(=O)NCCCN=[N+]=[N-])(CCC(=O)NCCCN=[N+]=[N-])NC(=O)CCC(CCC(=O)NC(CCC(=O)NCCCN=[N+]=[N-])(CCC(=O)NCCCN=[N+]=[N-])CCC(=O)NCCCN=[N+]=[N-])(CCC(=O)NC(CCC(=O)NCCCN=[N+]=[N-])(CCC(=O)NCCCN=[N+]=[N-])CCC(=O)NCCCN=[N+]=[N-])[N+](=O)[O-]. The summed E-state index contributed by atoms with van der Waals surface area (Å²) in [5.74, 6) is -7.83. The molecular formula is C68H115N39O14. The Morgan fingerprint density at radius 1 is 0.231 bits per heavy atom. The van der Waals surface area contributed by atoms with Gasteiger partial charge in [-0.3, -0.25) is 67.6 Å². The monoisotopic (exact) mass is 1700 g/mol. The second-order valence-corrected chi connectivity index (χ2v) is 28.2. The standard InChI is InChI=1S/C68H115N39O14/c69-98-86-44-2-1-11-53(108)12-24-65(25-13-54(109)78-36-3-45-87-99-70,26-14-55(110)79-37-4-46-88-100-71)95-62(117)21-33-68(107(120)121,34-22-63(118)96-66(27-15-56(111)80-38-5-47-89-101-72,28-16-57(112)81-39-6-48-90-102-73)29-17-58(113)82-40-7-49-91-103-74)35-23-64(119)97-67(30-18-59(114)83-41-8-50-92-104-75,31-19-60(115)84-42-9-51-93-105-76)32-20-61(116)85-43-10-52-94-106-77/h1-52H2,(H,78,109)(H,79,110)(H,80,111)(H,81,112)(H,82,113)(H,83,114)(H,84,115)(H,85,116)(H,95,117)(H,96,118)(H,97,119). The molecule has 0 fully saturated rings. The van der Waals surface area contributed by atoms with Gasteiger partial charge in [-0.2, -0.15) is 0 Å². The molecule has 53 heteroatoms. The van der Waals surface area contributed by atoms with Crippen LogP contribution in [0, 0.1) is 10.1 Å². The number of amides is 11. The van der Waals surface area contributed by atoms with Crippen molar-refractivity contribution >= 4 is 70.8 Å². The lowest BCUT2D eigenvalue weighted by molar-refractivity contribution is -0.573. The van der Waals surface area contributed by atoms with Gasteiger partial charge >= 0.3 is 0 Å². The highest BCUT2D eigenvalue weighted by molar-refractivity contribution is 5.83. The third-order valence-corrected chi connectivity index (χ3v) is 19.2. The van der Waals surface area contributed by atoms with Crippen molar-refractivity contribution in [1.29, 1.82) is 0 Å². The Morgan fingerprint density at radius 3 is 0.570 bits per heavy atom. The minimum absolute atomic E-state index is 0.0211. The fraction of sp³-hybridized carbons (Fsp3) is 0.824. The Bertz CT molecular complexity index is 3080. The van der Waals surface area contributed by atoms with Crippen LogP contribution < -0.4 is 58.5 Å². The van der Waals surface area contributed by atoms with Crippen molar-refractivity contribution in [3.63, 3.8) is 0 Å². The van der Waals surface area contributed by atoms with Crippen molar-refractivity contribution in [1.82, 2.24) is 58.5 Å². The molecule has 666 valence electrons. The zero-order valence-corrected chi connectivity index (χ0v) is 68.5. The topological polar surface area (TPSA) is 819 Å². The van der Waals surface area contributed by atoms with Gasteiger partial charge in [0.25, 0.3) is 0 Å². The first-order valence-electron chi connectivity index (χ1n) is 40.2. The van der Waals surface area contributed by atoms with E-state index >= 15 is 14.4 Å². The number of unbranched alkanes of at least 4 members (excludes halogenated alkanes) is 1. The summed E-state index contributed by atoms with van der Waals surface area (Å²) in [4.78, 5) is 206. The summed E-state index contributed by atoms with van der Waals surface area (Å²) in [6.07, 6.45) is -8.09. The summed E-state index contributed by atoms with van der Waals surface area (Å²) in [7, 11) is 0. The maximum absolute atomic E-state index is 15.2. The Hall–Kier alpha value is -13.0. The summed E-state index contributed by atoms with van der Waals surface area (Å²) < 4.78 is 0. The molecule has 0 aromatic heterocycles. The summed E-state index contributed by atoms with van der Waals surface area (Å²) >= 11 is 0. The highest BCUT2D eigenvalue weighted by Gasteiger charge is 2.46. The Morgan fingerprint density at radius 2 is 0.397 bits per heavy atom. The summed E-state index contributed by atoms with van der Waals surface area (Å²) in [6, 6.07) is 0. The van der Waals surface area contributed by atoms with Crippen molar-refractivity contribution in [2.75, 3.05) is 111 Å². The van der Waals surface area contributed by atoms with E-state index in [0.717, 1.165) is 0 Å². The predicted molar refractivity (Wildman–Crippen MR) is 439 cm³/mol. The maximum atomic E-state index is 15.2. The summed E-state index contributed by atoms with van der Waals surface area (Å²) in [6.45, 7) is 0.558. The lowest BCUT2D eigenvalue weighted by atomic mass is 9.80. The molecule has 0 aromatic carbocycles. The third-order valence-electron chi connectivity index (χ3n) is 19.2. The van der Waals surface area contributed by atoms with E-state index in [9.17, 15) is 53.3 Å². The van der Waals surface area contributed by atoms with Crippen LogP contribution in [0.25, 0.3) is 94.0 Å². The number of Topliss-reactive ketones (excluding diaryl/α,β-unsaturated/α-hetero) is 1. The molecule has 0 bridgehead atoms. The van der Waals surface area contributed by atoms with E-state index in [1.165, 1.54) is 0 Å². The van der Waals surface area contributed by atoms with Crippen LogP contribution in [0.15, 0.2) is 46.0 Å². The average molecular weight is 1700 g/mol. The molecule has 0 atom stereocenters. The lowest BCUT2D eigenvalue weighted by Crippen LogP contribution is -2.52. The van der Waals surface area contributed by atoms with Crippen LogP contribution in [0.1, 0.15) is 225 Å². The highest BCUT2D eigenvalue weighted by atomic mass is 16.6. The largest absolute Gasteiger partial charge is 0.356 e. The number of hydrogen-bond donors (Lipinski definition) is 11. The van der Waals surface area contributed by atoms with Crippen LogP contribution in [0.4, 0.5) is 0 Å². The first-order chi connectivity index (χ1) is 58.3. The number of ketones is 1. The van der Waals surface area contributed by atoms with Gasteiger partial charge in [0.2, 0.25) is 70.5 Å². The second kappa shape index (κ2) is 70.1. The number of nitrogens with zero attached hydrogens (tertiary/aromatic N) is 28. The zero-order chi connectivity index (χ0) is 89.8. The van der Waals surface area contributed by atoms with Crippen LogP contribution in [0.2, 0.25) is 0 Å². The minimum atomic E-state index is -2.52. The minimum Gasteiger partial charge on any atom is -0.356 e. The van der Waals surface area contributed by atoms with Gasteiger partial charge in [-0.05, 0) is 172 Å². The van der Waals surface area contributed by atoms with Gasteiger partial charge in [-0.15, -0.1) is 0 Å². The number of nitro groups is 1. The highest BCUT2D eigenvalue weighted by Crippen LogP contribution is 2.34. The molecule has 0 aliphatic rings. The van der Waals surface area contributed by atoms with Gasteiger partial charge < -0.3 is 58.5 Å². The number of hydrogen-bond acceptors (Lipinski definition) is 23. The first-order valence-corrected chi connectivity index (χ1v) is 40.2. The molecule has 11 amide bonds. The molecule has 0 radical (unpaired) electrons. The molecule has 121 heavy (non-hydrogen) atoms. The van der Waals surface area contributed by atoms with Crippen molar-refractivity contribution in [3.8, 4) is 0 Å². The molecule has 0 spiro atoms. The summed E-state index contributed by atoms with van der Waals surface area (Å²) in [5.41, 5.74) is 71.8. The maximum Gasteiger partial charge on any atom is 0.223 e. The van der Waals surface area contributed by atoms with Gasteiger partial charge in [0.1, 0.15) is 5.78 Å². The second-order valence-electron chi connectivity index (χ2n) is 28.2. The van der Waals surface area contributed by atoms with Crippen LogP contribution in [-0.4, -0.2) is 209 Å².